The van der Waals surface area contributed by atoms with Gasteiger partial charge in [0.1, 0.15) is 0 Å². The zero-order valence-electron chi connectivity index (χ0n) is 12.4. The quantitative estimate of drug-likeness (QED) is 0.690. The zero-order chi connectivity index (χ0) is 15.1. The summed E-state index contributed by atoms with van der Waals surface area (Å²) in [6.45, 7) is 8.85. The Hall–Kier alpha value is -1.82. The number of aromatic nitrogens is 2. The molecule has 0 aliphatic heterocycles. The van der Waals surface area contributed by atoms with E-state index in [1.54, 1.807) is 22.8 Å². The van der Waals surface area contributed by atoms with Crippen molar-refractivity contribution >= 4 is 24.7 Å². The van der Waals surface area contributed by atoms with Crippen molar-refractivity contribution < 1.29 is 0 Å². The Morgan fingerprint density at radius 3 is 2.35 bits per heavy atom. The summed E-state index contributed by atoms with van der Waals surface area (Å²) >= 11 is 0. The number of nitrogens with zero attached hydrogens (tertiary/aromatic N) is 2. The highest BCUT2D eigenvalue weighted by Crippen LogP contribution is 2.13. The molecule has 0 radical (unpaired) electrons. The normalized spacial score (nSPS) is 12.0. The minimum absolute atomic E-state index is 0.225. The molecule has 0 amide bonds. The molecule has 2 aromatic rings. The van der Waals surface area contributed by atoms with Crippen LogP contribution >= 0.6 is 0 Å². The molecular formula is C14H21N3O2Si. The third-order valence-electron chi connectivity index (χ3n) is 3.20. The highest BCUT2D eigenvalue weighted by Gasteiger charge is 2.19. The van der Waals surface area contributed by atoms with E-state index in [1.165, 1.54) is 4.57 Å². The van der Waals surface area contributed by atoms with E-state index in [1.807, 2.05) is 6.92 Å². The molecule has 108 valence electrons. The number of nitrogens with two attached hydrogens (primary N) is 1. The maximum Gasteiger partial charge on any atom is 0.331 e. The van der Waals surface area contributed by atoms with Gasteiger partial charge in [-0.15, -0.1) is 0 Å². The third-order valence-corrected chi connectivity index (χ3v) is 4.46. The van der Waals surface area contributed by atoms with Crippen molar-refractivity contribution in [2.24, 2.45) is 0 Å². The molecular weight excluding hydrogens is 270 g/mol. The molecule has 0 saturated carbocycles. The van der Waals surface area contributed by atoms with Crippen LogP contribution in [0.4, 0.5) is 5.69 Å². The Morgan fingerprint density at radius 1 is 1.15 bits per heavy atom. The minimum Gasteiger partial charge on any atom is -0.399 e. The molecule has 0 aliphatic rings. The van der Waals surface area contributed by atoms with Gasteiger partial charge < -0.3 is 5.73 Å². The average molecular weight is 291 g/mol. The summed E-state index contributed by atoms with van der Waals surface area (Å²) in [6.07, 6.45) is 0.523. The van der Waals surface area contributed by atoms with Crippen LogP contribution < -0.4 is 17.0 Å². The summed E-state index contributed by atoms with van der Waals surface area (Å²) in [4.78, 5) is 25.1. The molecule has 1 aromatic carbocycles. The Kier molecular flexibility index (Phi) is 3.60. The van der Waals surface area contributed by atoms with E-state index in [0.29, 0.717) is 29.3 Å². The van der Waals surface area contributed by atoms with Crippen LogP contribution in [0, 0.1) is 0 Å². The Bertz CT molecular complexity index is 769. The van der Waals surface area contributed by atoms with Crippen molar-refractivity contribution in [3.8, 4) is 0 Å². The van der Waals surface area contributed by atoms with Crippen LogP contribution in [0.3, 0.4) is 0 Å². The van der Waals surface area contributed by atoms with Gasteiger partial charge in [-0.05, 0) is 25.1 Å². The monoisotopic (exact) mass is 291 g/mol. The lowest BCUT2D eigenvalue weighted by atomic mass is 10.2. The molecule has 2 rings (SSSR count). The molecule has 2 N–H and O–H groups in total. The SMILES string of the molecule is CCn1c(=O)n(C[Si](C)(C)C)c(=O)c2cc(N)ccc21. The summed E-state index contributed by atoms with van der Waals surface area (Å²) in [7, 11) is -1.58. The molecule has 0 saturated heterocycles. The van der Waals surface area contributed by atoms with E-state index in [2.05, 4.69) is 19.6 Å². The van der Waals surface area contributed by atoms with Gasteiger partial charge in [0.25, 0.3) is 5.56 Å². The highest BCUT2D eigenvalue weighted by molar-refractivity contribution is 6.74. The second-order valence-electron chi connectivity index (χ2n) is 6.26. The van der Waals surface area contributed by atoms with Crippen LogP contribution in [0.1, 0.15) is 6.92 Å². The summed E-state index contributed by atoms with van der Waals surface area (Å²) in [5, 5.41) is 0.518. The van der Waals surface area contributed by atoms with Crippen LogP contribution in [0.25, 0.3) is 10.9 Å². The fourth-order valence-corrected chi connectivity index (χ4v) is 3.59. The van der Waals surface area contributed by atoms with E-state index in [0.717, 1.165) is 0 Å². The van der Waals surface area contributed by atoms with Crippen LogP contribution in [-0.4, -0.2) is 17.2 Å². The Balaban J connectivity index is 2.89. The number of aryl methyl sites for hydroxylation is 1. The molecule has 0 spiro atoms. The van der Waals surface area contributed by atoms with Crippen LogP contribution in [-0.2, 0) is 12.7 Å². The van der Waals surface area contributed by atoms with Gasteiger partial charge in [-0.25, -0.2) is 4.79 Å². The maximum atomic E-state index is 12.6. The molecule has 0 fully saturated rings. The Labute approximate surface area is 118 Å². The number of benzene rings is 1. The standard InChI is InChI=1S/C14H21N3O2Si/c1-5-16-12-7-6-10(15)8-11(12)13(18)17(14(16)19)9-20(2,3)4/h6-8H,5,9,15H2,1-4H3. The van der Waals surface area contributed by atoms with Gasteiger partial charge in [-0.2, -0.15) is 0 Å². The van der Waals surface area contributed by atoms with Gasteiger partial charge in [-0.3, -0.25) is 13.9 Å². The first kappa shape index (κ1) is 14.6. The van der Waals surface area contributed by atoms with E-state index >= 15 is 0 Å². The summed E-state index contributed by atoms with van der Waals surface area (Å²) in [5.41, 5.74) is 6.51. The lowest BCUT2D eigenvalue weighted by molar-refractivity contribution is 0.641. The summed E-state index contributed by atoms with van der Waals surface area (Å²) in [5.74, 6) is 0. The fourth-order valence-electron chi connectivity index (χ4n) is 2.36. The van der Waals surface area contributed by atoms with Crippen molar-refractivity contribution in [2.45, 2.75) is 39.3 Å². The summed E-state index contributed by atoms with van der Waals surface area (Å²) in [6, 6.07) is 5.12. The smallest absolute Gasteiger partial charge is 0.331 e. The fraction of sp³-hybridized carbons (Fsp3) is 0.429. The Morgan fingerprint density at radius 2 is 1.80 bits per heavy atom. The van der Waals surface area contributed by atoms with Gasteiger partial charge in [0.15, 0.2) is 0 Å². The molecule has 1 aromatic heterocycles. The highest BCUT2D eigenvalue weighted by atomic mass is 28.3. The van der Waals surface area contributed by atoms with Gasteiger partial charge in [0.05, 0.1) is 19.0 Å². The zero-order valence-corrected chi connectivity index (χ0v) is 13.4. The molecule has 5 nitrogen and oxygen atoms in total. The van der Waals surface area contributed by atoms with Crippen LogP contribution in [0.5, 0.6) is 0 Å². The first-order valence-corrected chi connectivity index (χ1v) is 10.5. The van der Waals surface area contributed by atoms with Crippen molar-refractivity contribution in [1.82, 2.24) is 9.13 Å². The van der Waals surface area contributed by atoms with Crippen molar-refractivity contribution in [3.05, 3.63) is 39.0 Å². The van der Waals surface area contributed by atoms with E-state index in [9.17, 15) is 9.59 Å². The summed E-state index contributed by atoms with van der Waals surface area (Å²) < 4.78 is 3.01. The topological polar surface area (TPSA) is 70.0 Å². The first-order valence-electron chi connectivity index (χ1n) is 6.77. The largest absolute Gasteiger partial charge is 0.399 e. The van der Waals surface area contributed by atoms with E-state index in [4.69, 9.17) is 5.73 Å². The van der Waals surface area contributed by atoms with Crippen molar-refractivity contribution in [1.29, 1.82) is 0 Å². The van der Waals surface area contributed by atoms with Gasteiger partial charge in [0, 0.05) is 18.4 Å². The minimum atomic E-state index is -1.58. The van der Waals surface area contributed by atoms with Crippen molar-refractivity contribution in [2.75, 3.05) is 5.73 Å². The van der Waals surface area contributed by atoms with E-state index < -0.39 is 8.07 Å². The number of fused-ring (bicyclic) bond motifs is 1. The lowest BCUT2D eigenvalue weighted by Crippen LogP contribution is -2.45. The number of hydrogen-bond acceptors (Lipinski definition) is 3. The second kappa shape index (κ2) is 4.94. The van der Waals surface area contributed by atoms with Crippen LogP contribution in [0.15, 0.2) is 27.8 Å². The molecule has 0 bridgehead atoms. The molecule has 0 unspecified atom stereocenters. The van der Waals surface area contributed by atoms with Gasteiger partial charge >= 0.3 is 5.69 Å². The lowest BCUT2D eigenvalue weighted by Gasteiger charge is -2.19. The predicted octanol–water partition coefficient (Wildman–Crippen LogP) is 1.64. The number of nitrogen functional groups attached to an aromatic ring is 1. The first-order chi connectivity index (χ1) is 9.24. The molecule has 0 aliphatic carbocycles. The number of rotatable bonds is 3. The molecule has 6 heteroatoms. The van der Waals surface area contributed by atoms with E-state index in [-0.39, 0.29) is 11.2 Å². The second-order valence-corrected chi connectivity index (χ2v) is 11.7. The van der Waals surface area contributed by atoms with Crippen molar-refractivity contribution in [3.63, 3.8) is 0 Å². The van der Waals surface area contributed by atoms with Gasteiger partial charge in [-0.1, -0.05) is 19.6 Å². The third kappa shape index (κ3) is 2.56. The predicted molar refractivity (Wildman–Crippen MR) is 85.9 cm³/mol. The molecule has 20 heavy (non-hydrogen) atoms. The number of anilines is 1. The average Bonchev–Trinajstić information content (AvgIpc) is 2.35. The molecule has 1 heterocycles. The maximum absolute atomic E-state index is 12.6. The van der Waals surface area contributed by atoms with Crippen LogP contribution in [0.2, 0.25) is 19.6 Å². The van der Waals surface area contributed by atoms with Gasteiger partial charge in [0.2, 0.25) is 0 Å². The number of hydrogen-bond donors (Lipinski definition) is 1. The molecule has 0 atom stereocenters.